The van der Waals surface area contributed by atoms with Gasteiger partial charge in [0.05, 0.1) is 11.0 Å². The number of rotatable bonds is 5. The van der Waals surface area contributed by atoms with Crippen LogP contribution in [0.3, 0.4) is 0 Å². The maximum absolute atomic E-state index is 11.3. The lowest BCUT2D eigenvalue weighted by Gasteiger charge is -2.20. The molecule has 0 aliphatic carbocycles. The molecule has 1 aromatic heterocycles. The predicted octanol–water partition coefficient (Wildman–Crippen LogP) is 2.50. The van der Waals surface area contributed by atoms with Gasteiger partial charge in [0.1, 0.15) is 5.82 Å². The first-order valence-electron chi connectivity index (χ1n) is 6.99. The lowest BCUT2D eigenvalue weighted by molar-refractivity contribution is -0.385. The van der Waals surface area contributed by atoms with Crippen molar-refractivity contribution in [3.8, 4) is 0 Å². The van der Waals surface area contributed by atoms with Gasteiger partial charge in [0.15, 0.2) is 0 Å². The van der Waals surface area contributed by atoms with Crippen molar-refractivity contribution in [2.75, 3.05) is 11.1 Å². The first kappa shape index (κ1) is 17.2. The van der Waals surface area contributed by atoms with Crippen molar-refractivity contribution in [2.45, 2.75) is 18.9 Å². The summed E-state index contributed by atoms with van der Waals surface area (Å²) in [6, 6.07) is 9.83. The highest BCUT2D eigenvalue weighted by Crippen LogP contribution is 2.39. The topological polar surface area (TPSA) is 152 Å². The van der Waals surface area contributed by atoms with Crippen LogP contribution in [0.4, 0.5) is 22.1 Å². The number of nitrogens with one attached hydrogen (secondary N) is 1. The third-order valence-electron chi connectivity index (χ3n) is 3.57. The van der Waals surface area contributed by atoms with Crippen LogP contribution in [0.2, 0.25) is 0 Å². The minimum absolute atomic E-state index is 0.0904. The fourth-order valence-corrected chi connectivity index (χ4v) is 2.41. The van der Waals surface area contributed by atoms with E-state index >= 15 is 0 Å². The van der Waals surface area contributed by atoms with E-state index < -0.39 is 34.5 Å². The second-order valence-corrected chi connectivity index (χ2v) is 5.16. The summed E-state index contributed by atoms with van der Waals surface area (Å²) in [6.45, 7) is 1.59. The summed E-state index contributed by atoms with van der Waals surface area (Å²) in [5, 5.41) is 32.6. The van der Waals surface area contributed by atoms with Crippen molar-refractivity contribution >= 4 is 23.4 Å². The summed E-state index contributed by atoms with van der Waals surface area (Å²) in [6.07, 6.45) is -2.41. The lowest BCUT2D eigenvalue weighted by atomic mass is 9.90. The van der Waals surface area contributed by atoms with Crippen LogP contribution in [0.5, 0.6) is 0 Å². The highest BCUT2D eigenvalue weighted by atomic mass is 16.6. The van der Waals surface area contributed by atoms with E-state index in [1.54, 1.807) is 37.3 Å². The highest BCUT2D eigenvalue weighted by Gasteiger charge is 2.29. The van der Waals surface area contributed by atoms with Crippen LogP contribution in [0.15, 0.2) is 36.4 Å². The monoisotopic (exact) mass is 332 g/mol. The van der Waals surface area contributed by atoms with Crippen LogP contribution in [-0.2, 0) is 0 Å². The molecule has 9 nitrogen and oxygen atoms in total. The van der Waals surface area contributed by atoms with Gasteiger partial charge in [-0.05, 0) is 11.6 Å². The molecule has 126 valence electrons. The Labute approximate surface area is 136 Å². The zero-order valence-electron chi connectivity index (χ0n) is 12.7. The van der Waals surface area contributed by atoms with Crippen LogP contribution < -0.4 is 11.1 Å². The number of aromatic nitrogens is 1. The molecule has 0 aliphatic rings. The van der Waals surface area contributed by atoms with Crippen LogP contribution >= 0.6 is 0 Å². The molecule has 1 heterocycles. The summed E-state index contributed by atoms with van der Waals surface area (Å²) in [5.74, 6) is -1.28. The molecule has 0 unspecified atom stereocenters. The Balaban J connectivity index is 2.51. The maximum Gasteiger partial charge on any atom is 0.410 e. The van der Waals surface area contributed by atoms with Gasteiger partial charge in [-0.15, -0.1) is 0 Å². The number of anilines is 2. The fraction of sp³-hybridized carbons (Fsp3) is 0.200. The Kier molecular flexibility index (Phi) is 4.95. The molecule has 5 N–H and O–H groups in total. The fourth-order valence-electron chi connectivity index (χ4n) is 2.41. The molecule has 0 aliphatic heterocycles. The minimum atomic E-state index is -1.38. The summed E-state index contributed by atoms with van der Waals surface area (Å²) >= 11 is 0. The quantitative estimate of drug-likeness (QED) is 0.485. The van der Waals surface area contributed by atoms with Crippen molar-refractivity contribution in [1.82, 2.24) is 4.98 Å². The van der Waals surface area contributed by atoms with E-state index in [0.29, 0.717) is 5.56 Å². The Hall–Kier alpha value is -3.20. The number of carbonyl (C=O) groups is 1. The Morgan fingerprint density at radius 1 is 1.38 bits per heavy atom. The second-order valence-electron chi connectivity index (χ2n) is 5.16. The molecule has 2 atom stereocenters. The first-order valence-corrected chi connectivity index (χ1v) is 6.99. The molecule has 0 radical (unpaired) electrons. The van der Waals surface area contributed by atoms with Crippen molar-refractivity contribution in [1.29, 1.82) is 0 Å². The van der Waals surface area contributed by atoms with E-state index in [0.717, 1.165) is 0 Å². The Morgan fingerprint density at radius 3 is 2.54 bits per heavy atom. The highest BCUT2D eigenvalue weighted by molar-refractivity contribution is 5.82. The largest absolute Gasteiger partial charge is 0.465 e. The average Bonchev–Trinajstić information content (AvgIpc) is 2.52. The van der Waals surface area contributed by atoms with E-state index in [9.17, 15) is 20.0 Å². The number of amides is 1. The van der Waals surface area contributed by atoms with E-state index in [1.165, 1.54) is 6.07 Å². The van der Waals surface area contributed by atoms with Gasteiger partial charge in [0, 0.05) is 11.5 Å². The second kappa shape index (κ2) is 6.92. The van der Waals surface area contributed by atoms with Gasteiger partial charge in [0.2, 0.25) is 5.82 Å². The van der Waals surface area contributed by atoms with Crippen molar-refractivity contribution in [3.63, 3.8) is 0 Å². The zero-order chi connectivity index (χ0) is 17.9. The van der Waals surface area contributed by atoms with Crippen LogP contribution in [0.1, 0.15) is 30.1 Å². The number of hydrogen-bond donors (Lipinski definition) is 4. The third-order valence-corrected chi connectivity index (χ3v) is 3.57. The van der Waals surface area contributed by atoms with E-state index in [1.807, 2.05) is 5.32 Å². The minimum Gasteiger partial charge on any atom is -0.465 e. The molecule has 2 aromatic rings. The summed E-state index contributed by atoms with van der Waals surface area (Å²) in [5.41, 5.74) is 5.82. The van der Waals surface area contributed by atoms with Gasteiger partial charge in [0.25, 0.3) is 0 Å². The molecular weight excluding hydrogens is 316 g/mol. The van der Waals surface area contributed by atoms with Gasteiger partial charge in [-0.3, -0.25) is 15.4 Å². The molecule has 0 spiro atoms. The normalized spacial score (nSPS) is 13.1. The Bertz CT molecular complexity index is 766. The predicted molar refractivity (Wildman–Crippen MR) is 86.8 cm³/mol. The number of nitrogen functional groups attached to an aromatic ring is 1. The average molecular weight is 332 g/mol. The molecular formula is C15H16N4O5. The van der Waals surface area contributed by atoms with Crippen LogP contribution in [0.25, 0.3) is 0 Å². The number of pyridine rings is 1. The number of nitro groups is 1. The van der Waals surface area contributed by atoms with Gasteiger partial charge in [-0.2, -0.15) is 0 Å². The van der Waals surface area contributed by atoms with Gasteiger partial charge in [-0.1, -0.05) is 37.3 Å². The van der Waals surface area contributed by atoms with Gasteiger partial charge < -0.3 is 15.9 Å². The van der Waals surface area contributed by atoms with E-state index in [-0.39, 0.29) is 11.4 Å². The molecule has 9 heteroatoms. The Morgan fingerprint density at radius 2 is 2.00 bits per heavy atom. The molecule has 0 bridgehead atoms. The molecule has 0 saturated carbocycles. The molecule has 1 aromatic carbocycles. The summed E-state index contributed by atoms with van der Waals surface area (Å²) in [4.78, 5) is 25.0. The van der Waals surface area contributed by atoms with Crippen molar-refractivity contribution < 1.29 is 19.9 Å². The number of aliphatic hydroxyl groups excluding tert-OH is 1. The summed E-state index contributed by atoms with van der Waals surface area (Å²) < 4.78 is 0. The van der Waals surface area contributed by atoms with Crippen LogP contribution in [-0.4, -0.2) is 26.2 Å². The third kappa shape index (κ3) is 3.58. The SMILES string of the molecule is C[C@@H](c1cc(NC(=O)O)nc(N)c1[N+](=O)[O-])[C@@H](O)c1ccccc1. The smallest absolute Gasteiger partial charge is 0.410 e. The molecule has 2 rings (SSSR count). The molecule has 0 saturated heterocycles. The van der Waals surface area contributed by atoms with Crippen LogP contribution in [0, 0.1) is 10.1 Å². The maximum atomic E-state index is 11.3. The van der Waals surface area contributed by atoms with Crippen molar-refractivity contribution in [2.24, 2.45) is 0 Å². The molecule has 0 fully saturated rings. The van der Waals surface area contributed by atoms with Gasteiger partial charge >= 0.3 is 11.8 Å². The number of hydrogen-bond acceptors (Lipinski definition) is 6. The van der Waals surface area contributed by atoms with E-state index in [2.05, 4.69) is 4.98 Å². The number of nitrogens with two attached hydrogens (primary N) is 1. The number of benzene rings is 1. The lowest BCUT2D eigenvalue weighted by Crippen LogP contribution is -2.15. The standard InChI is InChI=1S/C15H16N4O5/c1-8(13(20)9-5-3-2-4-6-9)10-7-11(18-15(21)22)17-14(16)12(10)19(23)24/h2-8,13,20H,1H3,(H,21,22)(H3,16,17,18)/t8-,13+/m0/s1. The number of nitrogens with zero attached hydrogens (tertiary/aromatic N) is 2. The first-order chi connectivity index (χ1) is 11.3. The van der Waals surface area contributed by atoms with E-state index in [4.69, 9.17) is 10.8 Å². The zero-order valence-corrected chi connectivity index (χ0v) is 12.7. The molecule has 24 heavy (non-hydrogen) atoms. The number of carboxylic acid groups (broad SMARTS) is 1. The summed E-state index contributed by atoms with van der Waals surface area (Å²) in [7, 11) is 0. The van der Waals surface area contributed by atoms with Gasteiger partial charge in [-0.25, -0.2) is 9.78 Å². The number of aliphatic hydroxyl groups is 1. The molecule has 1 amide bonds. The van der Waals surface area contributed by atoms with Crippen molar-refractivity contribution in [3.05, 3.63) is 57.6 Å².